The maximum absolute atomic E-state index is 12.3. The van der Waals surface area contributed by atoms with Gasteiger partial charge in [-0.25, -0.2) is 9.59 Å². The van der Waals surface area contributed by atoms with Crippen LogP contribution in [0.5, 0.6) is 0 Å². The molecule has 1 N–H and O–H groups in total. The van der Waals surface area contributed by atoms with Crippen molar-refractivity contribution in [1.29, 1.82) is 0 Å². The van der Waals surface area contributed by atoms with Gasteiger partial charge in [-0.15, -0.1) is 6.58 Å². The Labute approximate surface area is 176 Å². The first kappa shape index (κ1) is 25.3. The second-order valence-electron chi connectivity index (χ2n) is 7.13. The molecule has 1 atom stereocenters. The molecule has 0 aliphatic carbocycles. The van der Waals surface area contributed by atoms with Crippen molar-refractivity contribution in [2.24, 2.45) is 5.41 Å². The molecule has 1 rings (SSSR count). The fourth-order valence-electron chi connectivity index (χ4n) is 2.11. The Morgan fingerprint density at radius 1 is 1.03 bits per heavy atom. The van der Waals surface area contributed by atoms with Crippen molar-refractivity contribution < 1.29 is 38.4 Å². The minimum Gasteiger partial charge on any atom is -0.462 e. The quantitative estimate of drug-likeness (QED) is 0.224. The first-order valence-corrected chi connectivity index (χ1v) is 9.70. The number of hydrogen-bond acceptors (Lipinski definition) is 8. The van der Waals surface area contributed by atoms with Gasteiger partial charge in [-0.05, 0) is 32.4 Å². The molecule has 0 amide bonds. The van der Waals surface area contributed by atoms with Crippen LogP contribution in [0.1, 0.15) is 47.9 Å². The standard InChI is InChI=1S/C22H30O8/c1-5-11-27-14-16(23)15-30-20(25)18-10-8-7-9-17(18)19(24)28-12-13-29-21(26)22(3,4)6-2/h5,7-10,16,23H,1,6,11-15H2,2-4H3. The van der Waals surface area contributed by atoms with Crippen molar-refractivity contribution in [3.05, 3.63) is 48.0 Å². The molecule has 1 unspecified atom stereocenters. The van der Waals surface area contributed by atoms with E-state index in [2.05, 4.69) is 6.58 Å². The van der Waals surface area contributed by atoms with Crippen LogP contribution in [0.4, 0.5) is 0 Å². The predicted molar refractivity (Wildman–Crippen MR) is 109 cm³/mol. The van der Waals surface area contributed by atoms with E-state index in [1.165, 1.54) is 18.2 Å². The smallest absolute Gasteiger partial charge is 0.339 e. The Hall–Kier alpha value is -2.71. The maximum Gasteiger partial charge on any atom is 0.339 e. The minimum absolute atomic E-state index is 0.00539. The van der Waals surface area contributed by atoms with Crippen molar-refractivity contribution in [3.63, 3.8) is 0 Å². The normalized spacial score (nSPS) is 12.0. The highest BCUT2D eigenvalue weighted by molar-refractivity contribution is 6.03. The van der Waals surface area contributed by atoms with Crippen LogP contribution in [-0.2, 0) is 23.7 Å². The Morgan fingerprint density at radius 3 is 2.17 bits per heavy atom. The van der Waals surface area contributed by atoms with Crippen LogP contribution in [0.25, 0.3) is 0 Å². The number of aliphatic hydroxyl groups excluding tert-OH is 1. The third-order valence-corrected chi connectivity index (χ3v) is 4.31. The van der Waals surface area contributed by atoms with E-state index in [0.29, 0.717) is 6.42 Å². The summed E-state index contributed by atoms with van der Waals surface area (Å²) in [4.78, 5) is 36.5. The fourth-order valence-corrected chi connectivity index (χ4v) is 2.11. The molecule has 8 heteroatoms. The minimum atomic E-state index is -1.00. The lowest BCUT2D eigenvalue weighted by molar-refractivity contribution is -0.155. The number of benzene rings is 1. The summed E-state index contributed by atoms with van der Waals surface area (Å²) >= 11 is 0. The van der Waals surface area contributed by atoms with E-state index in [1.807, 2.05) is 6.92 Å². The highest BCUT2D eigenvalue weighted by Gasteiger charge is 2.27. The molecule has 1 aromatic rings. The summed E-state index contributed by atoms with van der Waals surface area (Å²) in [6.45, 7) is 8.64. The first-order chi connectivity index (χ1) is 14.2. The van der Waals surface area contributed by atoms with Crippen molar-refractivity contribution in [3.8, 4) is 0 Å². The molecule has 0 radical (unpaired) electrons. The largest absolute Gasteiger partial charge is 0.462 e. The number of hydrogen-bond donors (Lipinski definition) is 1. The number of aliphatic hydroxyl groups is 1. The lowest BCUT2D eigenvalue weighted by Gasteiger charge is -2.20. The maximum atomic E-state index is 12.3. The second-order valence-corrected chi connectivity index (χ2v) is 7.13. The van der Waals surface area contributed by atoms with E-state index in [9.17, 15) is 19.5 Å². The van der Waals surface area contributed by atoms with Gasteiger partial charge >= 0.3 is 17.9 Å². The molecule has 0 aliphatic rings. The number of rotatable bonds is 13. The van der Waals surface area contributed by atoms with E-state index in [4.69, 9.17) is 18.9 Å². The average Bonchev–Trinajstić information content (AvgIpc) is 2.74. The van der Waals surface area contributed by atoms with Crippen molar-refractivity contribution in [2.45, 2.75) is 33.3 Å². The van der Waals surface area contributed by atoms with Gasteiger partial charge in [-0.1, -0.05) is 25.1 Å². The number of carbonyl (C=O) groups excluding carboxylic acids is 3. The Bertz CT molecular complexity index is 726. The molecule has 8 nitrogen and oxygen atoms in total. The van der Waals surface area contributed by atoms with Crippen molar-refractivity contribution in [2.75, 3.05) is 33.0 Å². The molecule has 166 valence electrons. The second kappa shape index (κ2) is 12.8. The zero-order chi connectivity index (χ0) is 22.6. The molecule has 0 saturated carbocycles. The van der Waals surface area contributed by atoms with Gasteiger partial charge in [0.2, 0.25) is 0 Å². The van der Waals surface area contributed by atoms with Crippen LogP contribution in [0.2, 0.25) is 0 Å². The lowest BCUT2D eigenvalue weighted by Crippen LogP contribution is -2.27. The molecule has 0 heterocycles. The Balaban J connectivity index is 2.57. The molecule has 0 aliphatic heterocycles. The van der Waals surface area contributed by atoms with Gasteiger partial charge in [-0.3, -0.25) is 4.79 Å². The van der Waals surface area contributed by atoms with Gasteiger partial charge in [-0.2, -0.15) is 0 Å². The molecule has 0 saturated heterocycles. The molecule has 0 aromatic heterocycles. The Kier molecular flexibility index (Phi) is 10.8. The monoisotopic (exact) mass is 422 g/mol. The van der Waals surface area contributed by atoms with Crippen LogP contribution in [0.3, 0.4) is 0 Å². The summed E-state index contributed by atoms with van der Waals surface area (Å²) < 4.78 is 20.3. The molecule has 0 fully saturated rings. The predicted octanol–water partition coefficient (Wildman–Crippen LogP) is 2.54. The number of carbonyl (C=O) groups is 3. The zero-order valence-corrected chi connectivity index (χ0v) is 17.7. The van der Waals surface area contributed by atoms with Gasteiger partial charge in [0.05, 0.1) is 29.8 Å². The van der Waals surface area contributed by atoms with Gasteiger partial charge in [0.25, 0.3) is 0 Å². The molecule has 0 spiro atoms. The van der Waals surface area contributed by atoms with E-state index in [0.717, 1.165) is 0 Å². The number of esters is 3. The van der Waals surface area contributed by atoms with Crippen molar-refractivity contribution in [1.82, 2.24) is 0 Å². The van der Waals surface area contributed by atoms with E-state index in [1.54, 1.807) is 26.0 Å². The fraction of sp³-hybridized carbons (Fsp3) is 0.500. The van der Waals surface area contributed by atoms with Crippen LogP contribution in [0, 0.1) is 5.41 Å². The third-order valence-electron chi connectivity index (χ3n) is 4.31. The lowest BCUT2D eigenvalue weighted by atomic mass is 9.91. The third kappa shape index (κ3) is 8.34. The van der Waals surface area contributed by atoms with Gasteiger partial charge in [0, 0.05) is 0 Å². The van der Waals surface area contributed by atoms with Crippen molar-refractivity contribution >= 4 is 17.9 Å². The highest BCUT2D eigenvalue weighted by atomic mass is 16.6. The van der Waals surface area contributed by atoms with E-state index < -0.39 is 23.5 Å². The summed E-state index contributed by atoms with van der Waals surface area (Å²) in [6.07, 6.45) is 1.15. The summed E-state index contributed by atoms with van der Waals surface area (Å²) in [6, 6.07) is 6.00. The van der Waals surface area contributed by atoms with E-state index >= 15 is 0 Å². The van der Waals surface area contributed by atoms with Gasteiger partial charge in [0.1, 0.15) is 25.9 Å². The summed E-state index contributed by atoms with van der Waals surface area (Å²) in [5.41, 5.74) is -0.590. The summed E-state index contributed by atoms with van der Waals surface area (Å²) in [5, 5.41) is 9.74. The Morgan fingerprint density at radius 2 is 1.60 bits per heavy atom. The number of ether oxygens (including phenoxy) is 4. The molecule has 30 heavy (non-hydrogen) atoms. The van der Waals surface area contributed by atoms with E-state index in [-0.39, 0.29) is 50.1 Å². The molecular weight excluding hydrogens is 392 g/mol. The van der Waals surface area contributed by atoms with Crippen LogP contribution in [-0.4, -0.2) is 62.2 Å². The zero-order valence-electron chi connectivity index (χ0n) is 17.7. The van der Waals surface area contributed by atoms with Crippen LogP contribution < -0.4 is 0 Å². The molecule has 0 bridgehead atoms. The summed E-state index contributed by atoms with van der Waals surface area (Å²) in [5.74, 6) is -1.90. The SMILES string of the molecule is C=CCOCC(O)COC(=O)c1ccccc1C(=O)OCCOC(=O)C(C)(C)CC. The van der Waals surface area contributed by atoms with Crippen LogP contribution in [0.15, 0.2) is 36.9 Å². The van der Waals surface area contributed by atoms with Crippen LogP contribution >= 0.6 is 0 Å². The average molecular weight is 422 g/mol. The van der Waals surface area contributed by atoms with Gasteiger partial charge in [0.15, 0.2) is 0 Å². The molecular formula is C22H30O8. The first-order valence-electron chi connectivity index (χ1n) is 9.70. The molecule has 1 aromatic carbocycles. The highest BCUT2D eigenvalue weighted by Crippen LogP contribution is 2.21. The topological polar surface area (TPSA) is 108 Å². The summed E-state index contributed by atoms with van der Waals surface area (Å²) in [7, 11) is 0. The van der Waals surface area contributed by atoms with Gasteiger partial charge < -0.3 is 24.1 Å².